The van der Waals surface area contributed by atoms with Crippen molar-refractivity contribution in [2.24, 2.45) is 0 Å². The van der Waals surface area contributed by atoms with Crippen LogP contribution in [-0.2, 0) is 12.3 Å². The monoisotopic (exact) mass is 695 g/mol. The molecule has 0 spiro atoms. The van der Waals surface area contributed by atoms with Gasteiger partial charge < -0.3 is 9.64 Å². The summed E-state index contributed by atoms with van der Waals surface area (Å²) in [5.41, 5.74) is 9.61. The van der Waals surface area contributed by atoms with Crippen LogP contribution in [0.25, 0.3) is 11.1 Å². The molecule has 0 aliphatic carbocycles. The average Bonchev–Trinajstić information content (AvgIpc) is 3.17. The fourth-order valence-electron chi connectivity index (χ4n) is 6.83. The van der Waals surface area contributed by atoms with E-state index in [0.29, 0.717) is 6.61 Å². The number of hydrogen-bond donors (Lipinski definition) is 0. The van der Waals surface area contributed by atoms with E-state index >= 15 is 0 Å². The van der Waals surface area contributed by atoms with Gasteiger partial charge in [-0.25, -0.2) is 0 Å². The standard InChI is InChI=1S/C48H58NOP/c1-49(2)36-37-50-46-34-32-45(33-35-46)48(44-29-19-12-20-30-44)47(43-27-17-11-18-28-43)31-21-7-5-3-4-6-8-22-38-51(39-41-23-13-9-14-24-41)40-42-25-15-10-16-26-42/h9-20,23-30,32-35H,3-8,21-22,31,36-40H2,1-2H3/b48-47-. The zero-order chi connectivity index (χ0) is 35.4. The summed E-state index contributed by atoms with van der Waals surface area (Å²) in [5, 5.41) is 0. The molecule has 3 heteroatoms. The number of rotatable bonds is 22. The van der Waals surface area contributed by atoms with Gasteiger partial charge in [0, 0.05) is 6.54 Å². The Balaban J connectivity index is 1.12. The Morgan fingerprint density at radius 1 is 0.490 bits per heavy atom. The lowest BCUT2D eigenvalue weighted by Gasteiger charge is -2.18. The first-order valence-corrected chi connectivity index (χ1v) is 21.1. The third kappa shape index (κ3) is 13.6. The number of benzene rings is 5. The fraction of sp³-hybridized carbons (Fsp3) is 0.333. The highest BCUT2D eigenvalue weighted by molar-refractivity contribution is 7.56. The van der Waals surface area contributed by atoms with Crippen LogP contribution in [0.2, 0.25) is 0 Å². The SMILES string of the molecule is CN(C)CCOc1ccc(/C(=C(/CCCCCCCCCCP(Cc2ccccc2)Cc2ccccc2)c2ccccc2)c2ccccc2)cc1. The van der Waals surface area contributed by atoms with E-state index in [1.54, 1.807) is 0 Å². The zero-order valence-corrected chi connectivity index (χ0v) is 32.0. The van der Waals surface area contributed by atoms with Gasteiger partial charge in [-0.1, -0.05) is 180 Å². The van der Waals surface area contributed by atoms with E-state index in [0.717, 1.165) is 18.7 Å². The van der Waals surface area contributed by atoms with E-state index < -0.39 is 0 Å². The maximum atomic E-state index is 6.03. The molecule has 0 aromatic heterocycles. The predicted molar refractivity (Wildman–Crippen MR) is 223 cm³/mol. The van der Waals surface area contributed by atoms with Crippen LogP contribution in [0.4, 0.5) is 0 Å². The molecule has 0 saturated heterocycles. The van der Waals surface area contributed by atoms with E-state index in [4.69, 9.17) is 4.74 Å². The van der Waals surface area contributed by atoms with Gasteiger partial charge in [-0.2, -0.15) is 0 Å². The Morgan fingerprint density at radius 2 is 0.941 bits per heavy atom. The Morgan fingerprint density at radius 3 is 1.47 bits per heavy atom. The van der Waals surface area contributed by atoms with Crippen LogP contribution in [0.3, 0.4) is 0 Å². The number of ether oxygens (including phenoxy) is 1. The van der Waals surface area contributed by atoms with Gasteiger partial charge in [0.15, 0.2) is 0 Å². The largest absolute Gasteiger partial charge is 0.492 e. The highest BCUT2D eigenvalue weighted by Crippen LogP contribution is 2.44. The van der Waals surface area contributed by atoms with Crippen molar-refractivity contribution in [2.75, 3.05) is 33.4 Å². The van der Waals surface area contributed by atoms with Crippen LogP contribution >= 0.6 is 7.92 Å². The molecule has 266 valence electrons. The Kier molecular flexibility index (Phi) is 16.6. The van der Waals surface area contributed by atoms with Crippen molar-refractivity contribution < 1.29 is 4.74 Å². The minimum atomic E-state index is -0.0296. The van der Waals surface area contributed by atoms with Gasteiger partial charge >= 0.3 is 0 Å². The molecule has 0 bridgehead atoms. The lowest BCUT2D eigenvalue weighted by Crippen LogP contribution is -2.19. The number of hydrogen-bond acceptors (Lipinski definition) is 2. The molecule has 2 nitrogen and oxygen atoms in total. The molecule has 0 heterocycles. The lowest BCUT2D eigenvalue weighted by molar-refractivity contribution is 0.261. The van der Waals surface area contributed by atoms with E-state index in [2.05, 4.69) is 165 Å². The van der Waals surface area contributed by atoms with Crippen LogP contribution in [0.5, 0.6) is 5.75 Å². The molecule has 0 aliphatic heterocycles. The van der Waals surface area contributed by atoms with Crippen molar-refractivity contribution in [3.63, 3.8) is 0 Å². The quantitative estimate of drug-likeness (QED) is 0.0406. The van der Waals surface area contributed by atoms with E-state index in [-0.39, 0.29) is 7.92 Å². The summed E-state index contributed by atoms with van der Waals surface area (Å²) in [5.74, 6) is 0.925. The van der Waals surface area contributed by atoms with Crippen LogP contribution in [0.1, 0.15) is 85.6 Å². The predicted octanol–water partition coefficient (Wildman–Crippen LogP) is 13.0. The number of nitrogens with zero attached hydrogens (tertiary/aromatic N) is 1. The summed E-state index contributed by atoms with van der Waals surface area (Å²) >= 11 is 0. The third-order valence-electron chi connectivity index (χ3n) is 9.59. The Hall–Kier alpha value is -3.97. The first kappa shape index (κ1) is 38.3. The molecule has 0 saturated carbocycles. The number of allylic oxidation sites excluding steroid dienone is 1. The van der Waals surface area contributed by atoms with Gasteiger partial charge in [0.05, 0.1) is 0 Å². The van der Waals surface area contributed by atoms with Crippen molar-refractivity contribution in [3.05, 3.63) is 173 Å². The third-order valence-corrected chi connectivity index (χ3v) is 12.2. The molecule has 0 radical (unpaired) electrons. The number of unbranched alkanes of at least 4 members (excludes halogenated alkanes) is 7. The highest BCUT2D eigenvalue weighted by atomic mass is 31.1. The van der Waals surface area contributed by atoms with Gasteiger partial charge in [-0.05, 0) is 103 Å². The minimum absolute atomic E-state index is 0.0296. The maximum Gasteiger partial charge on any atom is 0.119 e. The molecular formula is C48H58NOP. The second-order valence-corrected chi connectivity index (χ2v) is 16.4. The molecule has 0 N–H and O–H groups in total. The lowest BCUT2D eigenvalue weighted by atomic mass is 9.86. The molecule has 5 aromatic carbocycles. The van der Waals surface area contributed by atoms with Crippen LogP contribution in [-0.4, -0.2) is 38.3 Å². The summed E-state index contributed by atoms with van der Waals surface area (Å²) in [6.45, 7) is 1.59. The van der Waals surface area contributed by atoms with Crippen LogP contribution < -0.4 is 4.74 Å². The second-order valence-electron chi connectivity index (χ2n) is 14.0. The average molecular weight is 696 g/mol. The van der Waals surface area contributed by atoms with Crippen molar-refractivity contribution in [1.82, 2.24) is 4.90 Å². The molecule has 51 heavy (non-hydrogen) atoms. The van der Waals surface area contributed by atoms with E-state index in [1.165, 1.54) is 109 Å². The van der Waals surface area contributed by atoms with Gasteiger partial charge in [0.1, 0.15) is 12.4 Å². The molecule has 0 fully saturated rings. The van der Waals surface area contributed by atoms with E-state index in [9.17, 15) is 0 Å². The first-order valence-electron chi connectivity index (χ1n) is 19.2. The van der Waals surface area contributed by atoms with Crippen molar-refractivity contribution >= 4 is 19.1 Å². The van der Waals surface area contributed by atoms with Gasteiger partial charge in [0.2, 0.25) is 0 Å². The number of likely N-dealkylation sites (N-methyl/N-ethyl adjacent to an activating group) is 1. The molecule has 0 amide bonds. The molecular weight excluding hydrogens is 638 g/mol. The summed E-state index contributed by atoms with van der Waals surface area (Å²) < 4.78 is 6.03. The van der Waals surface area contributed by atoms with Crippen molar-refractivity contribution in [1.29, 1.82) is 0 Å². The topological polar surface area (TPSA) is 12.5 Å². The second kappa shape index (κ2) is 22.1. The van der Waals surface area contributed by atoms with Crippen LogP contribution in [0, 0.1) is 0 Å². The normalized spacial score (nSPS) is 11.9. The van der Waals surface area contributed by atoms with E-state index in [1.807, 2.05) is 0 Å². The smallest absolute Gasteiger partial charge is 0.119 e. The highest BCUT2D eigenvalue weighted by Gasteiger charge is 2.15. The Labute approximate surface area is 310 Å². The van der Waals surface area contributed by atoms with Crippen molar-refractivity contribution in [2.45, 2.75) is 70.1 Å². The zero-order valence-electron chi connectivity index (χ0n) is 31.1. The molecule has 0 unspecified atom stereocenters. The molecule has 0 aliphatic rings. The molecule has 0 atom stereocenters. The summed E-state index contributed by atoms with van der Waals surface area (Å²) in [4.78, 5) is 2.15. The molecule has 5 rings (SSSR count). The van der Waals surface area contributed by atoms with Crippen molar-refractivity contribution in [3.8, 4) is 5.75 Å². The van der Waals surface area contributed by atoms with Crippen LogP contribution in [0.15, 0.2) is 146 Å². The molecule has 5 aromatic rings. The van der Waals surface area contributed by atoms with Gasteiger partial charge in [-0.3, -0.25) is 0 Å². The Bertz CT molecular complexity index is 1630. The maximum absolute atomic E-state index is 6.03. The summed E-state index contributed by atoms with van der Waals surface area (Å²) in [7, 11) is 4.12. The first-order chi connectivity index (χ1) is 25.2. The minimum Gasteiger partial charge on any atom is -0.492 e. The van der Waals surface area contributed by atoms with Gasteiger partial charge in [0.25, 0.3) is 0 Å². The fourth-order valence-corrected chi connectivity index (χ4v) is 9.39. The summed E-state index contributed by atoms with van der Waals surface area (Å²) in [6, 6.07) is 53.0. The summed E-state index contributed by atoms with van der Waals surface area (Å²) in [6.07, 6.45) is 15.5. The van der Waals surface area contributed by atoms with Gasteiger partial charge in [-0.15, -0.1) is 0 Å².